The molecule has 0 radical (unpaired) electrons. The SMILES string of the molecule is [2H]C([2H])(CCCC(=O)OC)[C@]([2H])(O)C([2H])([2H])COC. The molecule has 0 saturated heterocycles. The maximum atomic E-state index is 10.9. The van der Waals surface area contributed by atoms with Crippen LogP contribution >= 0.6 is 0 Å². The highest BCUT2D eigenvalue weighted by Gasteiger charge is 2.04. The van der Waals surface area contributed by atoms with Crippen molar-refractivity contribution < 1.29 is 26.2 Å². The van der Waals surface area contributed by atoms with Gasteiger partial charge >= 0.3 is 5.97 Å². The van der Waals surface area contributed by atoms with Crippen LogP contribution in [-0.4, -0.2) is 38.0 Å². The molecular formula is C10H20O4. The van der Waals surface area contributed by atoms with E-state index >= 15 is 0 Å². The Kier molecular flexibility index (Phi) is 4.35. The van der Waals surface area contributed by atoms with E-state index < -0.39 is 31.4 Å². The van der Waals surface area contributed by atoms with Crippen LogP contribution in [0.4, 0.5) is 0 Å². The summed E-state index contributed by atoms with van der Waals surface area (Å²) in [6.07, 6.45) is -8.43. The normalized spacial score (nSPS) is 22.1. The van der Waals surface area contributed by atoms with E-state index in [-0.39, 0.29) is 19.3 Å². The van der Waals surface area contributed by atoms with E-state index in [9.17, 15) is 9.90 Å². The Bertz CT molecular complexity index is 306. The van der Waals surface area contributed by atoms with Gasteiger partial charge in [-0.05, 0) is 19.2 Å². The first kappa shape index (κ1) is 6.80. The zero-order valence-corrected chi connectivity index (χ0v) is 8.50. The summed E-state index contributed by atoms with van der Waals surface area (Å²) in [6, 6.07) is 0. The number of rotatable bonds is 8. The molecule has 4 nitrogen and oxygen atoms in total. The standard InChI is InChI=1S/C10H20O4/c1-13-8-7-9(11)5-3-4-6-10(12)14-2/h9,11H,3-8H2,1-2H3/t9-/m0/s1/i5D2,7D2,9D. The maximum Gasteiger partial charge on any atom is 0.305 e. The predicted molar refractivity (Wildman–Crippen MR) is 53.0 cm³/mol. The van der Waals surface area contributed by atoms with Gasteiger partial charge in [-0.3, -0.25) is 4.79 Å². The lowest BCUT2D eigenvalue weighted by Gasteiger charge is -2.08. The molecule has 0 bridgehead atoms. The van der Waals surface area contributed by atoms with Gasteiger partial charge in [0, 0.05) is 25.6 Å². The number of hydrogen-bond donors (Lipinski definition) is 1. The summed E-state index contributed by atoms with van der Waals surface area (Å²) in [7, 11) is 2.40. The van der Waals surface area contributed by atoms with E-state index in [1.54, 1.807) is 0 Å². The highest BCUT2D eigenvalue weighted by atomic mass is 16.5. The molecule has 0 aromatic carbocycles. The molecule has 1 atom stereocenters. The molecular weight excluding hydrogens is 184 g/mol. The van der Waals surface area contributed by atoms with Crippen molar-refractivity contribution in [1.29, 1.82) is 0 Å². The van der Waals surface area contributed by atoms with Crippen molar-refractivity contribution in [2.75, 3.05) is 20.8 Å². The van der Waals surface area contributed by atoms with E-state index in [1.807, 2.05) is 0 Å². The van der Waals surface area contributed by atoms with E-state index in [0.717, 1.165) is 0 Å². The minimum atomic E-state index is -2.98. The lowest BCUT2D eigenvalue weighted by Crippen LogP contribution is -2.10. The van der Waals surface area contributed by atoms with Crippen LogP contribution in [0.25, 0.3) is 0 Å². The lowest BCUT2D eigenvalue weighted by atomic mass is 10.1. The van der Waals surface area contributed by atoms with E-state index in [2.05, 4.69) is 9.47 Å². The molecule has 0 spiro atoms. The third-order valence-corrected chi connectivity index (χ3v) is 1.46. The molecule has 0 saturated carbocycles. The Morgan fingerprint density at radius 1 is 1.50 bits per heavy atom. The number of carbonyl (C=O) groups is 1. The third-order valence-electron chi connectivity index (χ3n) is 1.46. The minimum Gasteiger partial charge on any atom is -0.469 e. The van der Waals surface area contributed by atoms with E-state index in [0.29, 0.717) is 0 Å². The summed E-state index contributed by atoms with van der Waals surface area (Å²) in [5, 5.41) is 9.84. The number of aliphatic hydroxyl groups is 1. The van der Waals surface area contributed by atoms with Crippen molar-refractivity contribution in [3.63, 3.8) is 0 Å². The molecule has 0 aromatic heterocycles. The molecule has 0 amide bonds. The van der Waals surface area contributed by atoms with E-state index in [1.165, 1.54) is 14.2 Å². The first-order chi connectivity index (χ1) is 8.52. The zero-order valence-electron chi connectivity index (χ0n) is 13.5. The van der Waals surface area contributed by atoms with Gasteiger partial charge in [0.05, 0.1) is 14.6 Å². The Balaban J connectivity index is 4.72. The molecule has 0 aliphatic rings. The Morgan fingerprint density at radius 2 is 2.21 bits per heavy atom. The van der Waals surface area contributed by atoms with Crippen LogP contribution < -0.4 is 0 Å². The first-order valence-corrected chi connectivity index (χ1v) is 4.30. The average molecular weight is 209 g/mol. The van der Waals surface area contributed by atoms with Crippen LogP contribution in [0.15, 0.2) is 0 Å². The van der Waals surface area contributed by atoms with Crippen LogP contribution in [0, 0.1) is 0 Å². The monoisotopic (exact) mass is 209 g/mol. The number of hydrogen-bond acceptors (Lipinski definition) is 4. The summed E-state index contributed by atoms with van der Waals surface area (Å²) in [5.74, 6) is -0.524. The molecule has 84 valence electrons. The van der Waals surface area contributed by atoms with Crippen molar-refractivity contribution in [2.45, 2.75) is 38.1 Å². The zero-order chi connectivity index (χ0) is 15.3. The fraction of sp³-hybridized carbons (Fsp3) is 0.900. The molecule has 0 heterocycles. The van der Waals surface area contributed by atoms with Crippen molar-refractivity contribution in [3.8, 4) is 0 Å². The van der Waals surface area contributed by atoms with Crippen LogP contribution in [0.5, 0.6) is 0 Å². The van der Waals surface area contributed by atoms with Crippen molar-refractivity contribution in [2.24, 2.45) is 0 Å². The molecule has 0 aliphatic heterocycles. The van der Waals surface area contributed by atoms with Gasteiger partial charge < -0.3 is 14.6 Å². The summed E-state index contributed by atoms with van der Waals surface area (Å²) >= 11 is 0. The molecule has 0 unspecified atom stereocenters. The van der Waals surface area contributed by atoms with Crippen LogP contribution in [0.2, 0.25) is 0 Å². The molecule has 0 rings (SSSR count). The number of methoxy groups -OCH3 is 2. The number of esters is 1. The van der Waals surface area contributed by atoms with Crippen molar-refractivity contribution >= 4 is 5.97 Å². The molecule has 1 N–H and O–H groups in total. The van der Waals surface area contributed by atoms with Gasteiger partial charge in [0.2, 0.25) is 0 Å². The van der Waals surface area contributed by atoms with E-state index in [4.69, 9.17) is 6.85 Å². The topological polar surface area (TPSA) is 55.8 Å². The van der Waals surface area contributed by atoms with Crippen LogP contribution in [-0.2, 0) is 14.3 Å². The third kappa shape index (κ3) is 8.01. The summed E-state index contributed by atoms with van der Waals surface area (Å²) in [4.78, 5) is 10.9. The van der Waals surface area contributed by atoms with Crippen molar-refractivity contribution in [1.82, 2.24) is 0 Å². The molecule has 0 fully saturated rings. The maximum absolute atomic E-state index is 10.9. The summed E-state index contributed by atoms with van der Waals surface area (Å²) in [5.41, 5.74) is 0. The van der Waals surface area contributed by atoms with Gasteiger partial charge in [0.15, 0.2) is 0 Å². The second-order valence-corrected chi connectivity index (χ2v) is 2.56. The lowest BCUT2D eigenvalue weighted by molar-refractivity contribution is -0.140. The van der Waals surface area contributed by atoms with Gasteiger partial charge in [-0.15, -0.1) is 0 Å². The van der Waals surface area contributed by atoms with Gasteiger partial charge in [-0.1, -0.05) is 6.42 Å². The van der Waals surface area contributed by atoms with Crippen LogP contribution in [0.1, 0.15) is 38.9 Å². The Hall–Kier alpha value is -0.610. The highest BCUT2D eigenvalue weighted by Crippen LogP contribution is 2.06. The highest BCUT2D eigenvalue weighted by molar-refractivity contribution is 5.68. The number of carbonyl (C=O) groups excluding carboxylic acids is 1. The van der Waals surface area contributed by atoms with Gasteiger partial charge in [-0.25, -0.2) is 0 Å². The number of ether oxygens (including phenoxy) is 2. The smallest absolute Gasteiger partial charge is 0.305 e. The first-order valence-electron chi connectivity index (χ1n) is 6.80. The second-order valence-electron chi connectivity index (χ2n) is 2.56. The molecule has 0 aromatic rings. The Morgan fingerprint density at radius 3 is 2.79 bits per heavy atom. The van der Waals surface area contributed by atoms with Gasteiger partial charge in [0.1, 0.15) is 0 Å². The fourth-order valence-electron chi connectivity index (χ4n) is 0.745. The molecule has 0 aliphatic carbocycles. The summed E-state index contributed by atoms with van der Waals surface area (Å²) in [6.45, 7) is -0.608. The van der Waals surface area contributed by atoms with Crippen molar-refractivity contribution in [3.05, 3.63) is 0 Å². The summed E-state index contributed by atoms with van der Waals surface area (Å²) < 4.78 is 46.8. The predicted octanol–water partition coefficient (Wildman–Crippen LogP) is 1.12. The molecule has 14 heavy (non-hydrogen) atoms. The second kappa shape index (κ2) is 8.97. The van der Waals surface area contributed by atoms with Crippen LogP contribution in [0.3, 0.4) is 0 Å². The Labute approximate surface area is 92.2 Å². The quantitative estimate of drug-likeness (QED) is 0.609. The van der Waals surface area contributed by atoms with Gasteiger partial charge in [0.25, 0.3) is 0 Å². The average Bonchev–Trinajstić information content (AvgIpc) is 2.27. The van der Waals surface area contributed by atoms with Gasteiger partial charge in [-0.2, -0.15) is 0 Å². The minimum absolute atomic E-state index is 0.0456. The fourth-order valence-corrected chi connectivity index (χ4v) is 0.745. The molecule has 4 heteroatoms. The largest absolute Gasteiger partial charge is 0.469 e.